The summed E-state index contributed by atoms with van der Waals surface area (Å²) in [7, 11) is 0. The predicted molar refractivity (Wildman–Crippen MR) is 63.8 cm³/mol. The van der Waals surface area contributed by atoms with Crippen LogP contribution in [0.4, 0.5) is 11.4 Å². The number of aliphatic hydroxyl groups is 1. The lowest BCUT2D eigenvalue weighted by Gasteiger charge is -2.10. The second kappa shape index (κ2) is 6.95. The molecule has 0 aliphatic rings. The lowest BCUT2D eigenvalue weighted by molar-refractivity contribution is 0.123. The molecular formula is C11H20N2O2. The number of hydrogen-bond donors (Lipinski definition) is 3. The number of rotatable bonds is 3. The highest BCUT2D eigenvalue weighted by Gasteiger charge is 2.02. The van der Waals surface area contributed by atoms with Crippen molar-refractivity contribution in [2.45, 2.75) is 26.9 Å². The van der Waals surface area contributed by atoms with Crippen LogP contribution in [0.1, 0.15) is 20.8 Å². The zero-order valence-corrected chi connectivity index (χ0v) is 9.53. The summed E-state index contributed by atoms with van der Waals surface area (Å²) in [6.45, 7) is 5.88. The van der Waals surface area contributed by atoms with E-state index in [4.69, 9.17) is 21.3 Å². The van der Waals surface area contributed by atoms with Gasteiger partial charge in [-0.2, -0.15) is 0 Å². The first kappa shape index (κ1) is 13.6. The Morgan fingerprint density at radius 2 is 1.93 bits per heavy atom. The molecule has 1 unspecified atom stereocenters. The van der Waals surface area contributed by atoms with Gasteiger partial charge >= 0.3 is 0 Å². The van der Waals surface area contributed by atoms with Crippen LogP contribution in [0.5, 0.6) is 5.75 Å². The van der Waals surface area contributed by atoms with Gasteiger partial charge in [0.2, 0.25) is 0 Å². The van der Waals surface area contributed by atoms with E-state index in [0.717, 1.165) is 0 Å². The lowest BCUT2D eigenvalue weighted by Crippen LogP contribution is -2.13. The second-order valence-electron chi connectivity index (χ2n) is 2.96. The van der Waals surface area contributed by atoms with Crippen molar-refractivity contribution in [3.05, 3.63) is 18.2 Å². The highest BCUT2D eigenvalue weighted by atomic mass is 16.5. The number of benzene rings is 1. The number of anilines is 2. The maximum Gasteiger partial charge on any atom is 0.142 e. The minimum Gasteiger partial charge on any atom is -0.489 e. The first-order valence-electron chi connectivity index (χ1n) is 5.05. The van der Waals surface area contributed by atoms with E-state index in [1.54, 1.807) is 25.1 Å². The Morgan fingerprint density at radius 3 is 2.40 bits per heavy atom. The zero-order chi connectivity index (χ0) is 11.8. The molecule has 0 saturated carbocycles. The van der Waals surface area contributed by atoms with E-state index < -0.39 is 6.10 Å². The van der Waals surface area contributed by atoms with Gasteiger partial charge in [-0.1, -0.05) is 13.8 Å². The number of aliphatic hydroxyl groups excluding tert-OH is 1. The average Bonchev–Trinajstić information content (AvgIpc) is 2.19. The monoisotopic (exact) mass is 212 g/mol. The third-order valence-electron chi connectivity index (χ3n) is 1.51. The van der Waals surface area contributed by atoms with Gasteiger partial charge in [0.25, 0.3) is 0 Å². The Balaban J connectivity index is 0.000000921. The molecule has 4 nitrogen and oxygen atoms in total. The molecule has 5 N–H and O–H groups in total. The van der Waals surface area contributed by atoms with E-state index in [1.165, 1.54) is 0 Å². The van der Waals surface area contributed by atoms with Crippen LogP contribution in [0.15, 0.2) is 18.2 Å². The molecule has 0 amide bonds. The van der Waals surface area contributed by atoms with Crippen molar-refractivity contribution in [1.29, 1.82) is 0 Å². The van der Waals surface area contributed by atoms with Gasteiger partial charge in [0.1, 0.15) is 12.4 Å². The van der Waals surface area contributed by atoms with E-state index >= 15 is 0 Å². The molecule has 4 heteroatoms. The fraction of sp³-hybridized carbons (Fsp3) is 0.455. The normalized spacial score (nSPS) is 11.2. The molecule has 0 saturated heterocycles. The van der Waals surface area contributed by atoms with E-state index in [9.17, 15) is 0 Å². The first-order valence-corrected chi connectivity index (χ1v) is 5.05. The molecule has 86 valence electrons. The van der Waals surface area contributed by atoms with Gasteiger partial charge in [-0.15, -0.1) is 0 Å². The van der Waals surface area contributed by atoms with Gasteiger partial charge in [-0.05, 0) is 25.1 Å². The lowest BCUT2D eigenvalue weighted by atomic mass is 10.2. The molecule has 0 bridgehead atoms. The standard InChI is InChI=1S/C9H14N2O2.C2H6/c1-6(12)5-13-9-3-2-7(10)4-8(9)11;1-2/h2-4,6,12H,5,10-11H2,1H3;1-2H3. The minimum atomic E-state index is -0.503. The number of nitrogen functional groups attached to an aromatic ring is 2. The van der Waals surface area contributed by atoms with Crippen LogP contribution in [0.3, 0.4) is 0 Å². The fourth-order valence-electron chi connectivity index (χ4n) is 0.909. The van der Waals surface area contributed by atoms with Gasteiger partial charge < -0.3 is 21.3 Å². The highest BCUT2D eigenvalue weighted by molar-refractivity contribution is 5.60. The Labute approximate surface area is 90.8 Å². The maximum atomic E-state index is 8.97. The SMILES string of the molecule is CC.CC(O)COc1ccc(N)cc1N. The molecule has 0 heterocycles. The fourth-order valence-corrected chi connectivity index (χ4v) is 0.909. The summed E-state index contributed by atoms with van der Waals surface area (Å²) in [4.78, 5) is 0. The van der Waals surface area contributed by atoms with E-state index in [1.807, 2.05) is 13.8 Å². The molecule has 0 aromatic heterocycles. The molecular weight excluding hydrogens is 192 g/mol. The number of ether oxygens (including phenoxy) is 1. The summed E-state index contributed by atoms with van der Waals surface area (Å²) in [6.07, 6.45) is -0.503. The van der Waals surface area contributed by atoms with Crippen molar-refractivity contribution < 1.29 is 9.84 Å². The average molecular weight is 212 g/mol. The Bertz CT molecular complexity index is 288. The van der Waals surface area contributed by atoms with Crippen LogP contribution < -0.4 is 16.2 Å². The molecule has 0 radical (unpaired) electrons. The van der Waals surface area contributed by atoms with Crippen LogP contribution in [0.2, 0.25) is 0 Å². The van der Waals surface area contributed by atoms with Crippen LogP contribution in [0, 0.1) is 0 Å². The topological polar surface area (TPSA) is 81.5 Å². The van der Waals surface area contributed by atoms with Crippen LogP contribution in [0.25, 0.3) is 0 Å². The smallest absolute Gasteiger partial charge is 0.142 e. The van der Waals surface area contributed by atoms with Gasteiger partial charge in [-0.3, -0.25) is 0 Å². The van der Waals surface area contributed by atoms with E-state index in [-0.39, 0.29) is 6.61 Å². The number of nitrogens with two attached hydrogens (primary N) is 2. The summed E-state index contributed by atoms with van der Waals surface area (Å²) in [5.74, 6) is 0.551. The van der Waals surface area contributed by atoms with Gasteiger partial charge in [0.15, 0.2) is 0 Å². The van der Waals surface area contributed by atoms with Crippen molar-refractivity contribution >= 4 is 11.4 Å². The molecule has 1 aromatic rings. The van der Waals surface area contributed by atoms with E-state index in [2.05, 4.69) is 0 Å². The molecule has 15 heavy (non-hydrogen) atoms. The van der Waals surface area contributed by atoms with Crippen molar-refractivity contribution in [2.75, 3.05) is 18.1 Å². The van der Waals surface area contributed by atoms with Crippen molar-refractivity contribution in [1.82, 2.24) is 0 Å². The Morgan fingerprint density at radius 1 is 1.33 bits per heavy atom. The summed E-state index contributed by atoms with van der Waals surface area (Å²) in [6, 6.07) is 5.01. The highest BCUT2D eigenvalue weighted by Crippen LogP contribution is 2.23. The first-order chi connectivity index (χ1) is 7.09. The molecule has 0 spiro atoms. The largest absolute Gasteiger partial charge is 0.489 e. The minimum absolute atomic E-state index is 0.230. The molecule has 0 aliphatic heterocycles. The zero-order valence-electron chi connectivity index (χ0n) is 9.53. The summed E-state index contributed by atoms with van der Waals surface area (Å²) in [5, 5.41) is 8.97. The molecule has 1 rings (SSSR count). The molecule has 0 aliphatic carbocycles. The second-order valence-corrected chi connectivity index (χ2v) is 2.96. The van der Waals surface area contributed by atoms with Gasteiger partial charge in [-0.25, -0.2) is 0 Å². The van der Waals surface area contributed by atoms with Crippen molar-refractivity contribution in [2.24, 2.45) is 0 Å². The van der Waals surface area contributed by atoms with Crippen LogP contribution in [-0.2, 0) is 0 Å². The van der Waals surface area contributed by atoms with Crippen LogP contribution in [-0.4, -0.2) is 17.8 Å². The van der Waals surface area contributed by atoms with Crippen molar-refractivity contribution in [3.8, 4) is 5.75 Å². The van der Waals surface area contributed by atoms with Crippen molar-refractivity contribution in [3.63, 3.8) is 0 Å². The van der Waals surface area contributed by atoms with E-state index in [0.29, 0.717) is 17.1 Å². The summed E-state index contributed by atoms with van der Waals surface area (Å²) >= 11 is 0. The van der Waals surface area contributed by atoms with Gasteiger partial charge in [0.05, 0.1) is 11.8 Å². The third kappa shape index (κ3) is 5.12. The Hall–Kier alpha value is -1.42. The number of hydrogen-bond acceptors (Lipinski definition) is 4. The molecule has 1 atom stereocenters. The molecule has 0 fully saturated rings. The third-order valence-corrected chi connectivity index (χ3v) is 1.51. The predicted octanol–water partition coefficient (Wildman–Crippen LogP) is 1.64. The maximum absolute atomic E-state index is 8.97. The van der Waals surface area contributed by atoms with Crippen LogP contribution >= 0.6 is 0 Å². The quantitative estimate of drug-likeness (QED) is 0.665. The summed E-state index contributed by atoms with van der Waals surface area (Å²) in [5.41, 5.74) is 12.2. The van der Waals surface area contributed by atoms with Gasteiger partial charge in [0, 0.05) is 5.69 Å². The Kier molecular flexibility index (Phi) is 6.29. The molecule has 1 aromatic carbocycles. The summed E-state index contributed by atoms with van der Waals surface area (Å²) < 4.78 is 5.22.